The Bertz CT molecular complexity index is 1460. The van der Waals surface area contributed by atoms with Crippen molar-refractivity contribution < 1.29 is 15.3 Å². The van der Waals surface area contributed by atoms with Crippen LogP contribution in [0.15, 0.2) is 36.4 Å². The molecule has 3 aromatic carbocycles. The monoisotopic (exact) mass is 676 g/mol. The summed E-state index contributed by atoms with van der Waals surface area (Å²) in [7, 11) is 0. The number of benzene rings is 3. The maximum absolute atomic E-state index is 11.8. The lowest BCUT2D eigenvalue weighted by Gasteiger charge is -2.36. The highest BCUT2D eigenvalue weighted by molar-refractivity contribution is 5.60. The second-order valence-corrected chi connectivity index (χ2v) is 13.3. The van der Waals surface area contributed by atoms with E-state index in [1.165, 1.54) is 0 Å². The average Bonchev–Trinajstić information content (AvgIpc) is 3.12. The summed E-state index contributed by atoms with van der Waals surface area (Å²) in [6.45, 7) is 28.0. The van der Waals surface area contributed by atoms with Crippen LogP contribution in [0.2, 0.25) is 0 Å². The molecule has 6 N–H and O–H groups in total. The number of nitrogens with one attached hydrogen (secondary N) is 1. The van der Waals surface area contributed by atoms with Gasteiger partial charge in [0, 0.05) is 66.0 Å². The van der Waals surface area contributed by atoms with Crippen molar-refractivity contribution in [1.82, 2.24) is 20.0 Å². The van der Waals surface area contributed by atoms with Gasteiger partial charge in [-0.25, -0.2) is 0 Å². The second kappa shape index (κ2) is 18.7. The summed E-state index contributed by atoms with van der Waals surface area (Å²) in [4.78, 5) is 6.98. The van der Waals surface area contributed by atoms with Crippen LogP contribution in [-0.2, 0) is 44.6 Å². The lowest BCUT2D eigenvalue weighted by Crippen LogP contribution is -2.29. The van der Waals surface area contributed by atoms with Crippen molar-refractivity contribution in [3.63, 3.8) is 0 Å². The topological polar surface area (TPSA) is 108 Å². The minimum Gasteiger partial charge on any atom is -0.507 e. The van der Waals surface area contributed by atoms with Crippen LogP contribution < -0.4 is 11.1 Å². The molecule has 0 fully saturated rings. The van der Waals surface area contributed by atoms with E-state index in [4.69, 9.17) is 5.73 Å². The van der Waals surface area contributed by atoms with E-state index in [-0.39, 0.29) is 12.3 Å². The van der Waals surface area contributed by atoms with Crippen molar-refractivity contribution in [2.45, 2.75) is 107 Å². The second-order valence-electron chi connectivity index (χ2n) is 13.3. The highest BCUT2D eigenvalue weighted by Gasteiger charge is 2.35. The van der Waals surface area contributed by atoms with E-state index in [9.17, 15) is 15.3 Å². The van der Waals surface area contributed by atoms with E-state index < -0.39 is 5.41 Å². The molecule has 8 heteroatoms. The number of hydrogen-bond acceptors (Lipinski definition) is 8. The quantitative estimate of drug-likeness (QED) is 0.0832. The van der Waals surface area contributed by atoms with Crippen molar-refractivity contribution >= 4 is 0 Å². The van der Waals surface area contributed by atoms with Crippen LogP contribution in [-0.4, -0.2) is 75.8 Å². The first-order valence-corrected chi connectivity index (χ1v) is 18.6. The SMILES string of the molecule is CCNCc1cc(C(C)(c2cc(CC)c(O)c(CN(CC)CC)c2)c2cc(CN(CC)CC)c(O)c(CN(CC)CC)c2)cc(CN)c1O. The van der Waals surface area contributed by atoms with Crippen LogP contribution in [0.4, 0.5) is 0 Å². The van der Waals surface area contributed by atoms with Crippen LogP contribution in [0, 0.1) is 0 Å². The van der Waals surface area contributed by atoms with Gasteiger partial charge in [-0.05, 0) is 112 Å². The highest BCUT2D eigenvalue weighted by atomic mass is 16.3. The summed E-state index contributed by atoms with van der Waals surface area (Å²) in [5, 5.41) is 38.0. The van der Waals surface area contributed by atoms with Crippen LogP contribution in [0.25, 0.3) is 0 Å². The zero-order chi connectivity index (χ0) is 36.3. The molecule has 3 rings (SSSR count). The number of phenols is 3. The average molecular weight is 676 g/mol. The fourth-order valence-corrected chi connectivity index (χ4v) is 6.89. The lowest BCUT2D eigenvalue weighted by molar-refractivity contribution is 0.281. The number of aryl methyl sites for hydroxylation is 1. The molecule has 3 aromatic rings. The molecule has 0 saturated carbocycles. The summed E-state index contributed by atoms with van der Waals surface area (Å²) in [5.41, 5.74) is 13.8. The smallest absolute Gasteiger partial charge is 0.124 e. The lowest BCUT2D eigenvalue weighted by atomic mass is 9.68. The van der Waals surface area contributed by atoms with Gasteiger partial charge in [0.2, 0.25) is 0 Å². The third kappa shape index (κ3) is 9.16. The minimum absolute atomic E-state index is 0.202. The van der Waals surface area contributed by atoms with Crippen molar-refractivity contribution in [3.05, 3.63) is 86.5 Å². The van der Waals surface area contributed by atoms with Crippen LogP contribution >= 0.6 is 0 Å². The van der Waals surface area contributed by atoms with Gasteiger partial charge < -0.3 is 26.4 Å². The van der Waals surface area contributed by atoms with Crippen LogP contribution in [0.1, 0.15) is 112 Å². The number of rotatable bonds is 20. The van der Waals surface area contributed by atoms with Crippen LogP contribution in [0.3, 0.4) is 0 Å². The van der Waals surface area contributed by atoms with Gasteiger partial charge in [0.15, 0.2) is 0 Å². The normalized spacial score (nSPS) is 13.2. The first kappa shape index (κ1) is 40.3. The van der Waals surface area contributed by atoms with E-state index in [1.54, 1.807) is 0 Å². The zero-order valence-electron chi connectivity index (χ0n) is 31.9. The Labute approximate surface area is 296 Å². The molecule has 272 valence electrons. The van der Waals surface area contributed by atoms with Crippen molar-refractivity contribution in [2.24, 2.45) is 5.73 Å². The van der Waals surface area contributed by atoms with E-state index in [0.717, 1.165) is 90.3 Å². The molecule has 0 amide bonds. The Hall–Kier alpha value is -3.14. The maximum Gasteiger partial charge on any atom is 0.124 e. The number of hydrogen-bond donors (Lipinski definition) is 5. The van der Waals surface area contributed by atoms with E-state index >= 15 is 0 Å². The maximum atomic E-state index is 11.8. The molecule has 0 saturated heterocycles. The van der Waals surface area contributed by atoms with Crippen molar-refractivity contribution in [3.8, 4) is 17.2 Å². The number of nitrogens with two attached hydrogens (primary N) is 1. The molecule has 0 aliphatic rings. The van der Waals surface area contributed by atoms with Gasteiger partial charge >= 0.3 is 0 Å². The molecular formula is C41H65N5O3. The van der Waals surface area contributed by atoms with Gasteiger partial charge in [-0.15, -0.1) is 0 Å². The molecule has 0 bridgehead atoms. The predicted molar refractivity (Wildman–Crippen MR) is 204 cm³/mol. The Morgan fingerprint density at radius 3 is 1.20 bits per heavy atom. The van der Waals surface area contributed by atoms with Crippen molar-refractivity contribution in [1.29, 1.82) is 0 Å². The molecule has 0 aliphatic heterocycles. The zero-order valence-corrected chi connectivity index (χ0v) is 31.9. The molecule has 1 atom stereocenters. The van der Waals surface area contributed by atoms with Gasteiger partial charge in [0.25, 0.3) is 0 Å². The fourth-order valence-electron chi connectivity index (χ4n) is 6.89. The van der Waals surface area contributed by atoms with E-state index in [0.29, 0.717) is 49.7 Å². The summed E-state index contributed by atoms with van der Waals surface area (Å²) >= 11 is 0. The third-order valence-electron chi connectivity index (χ3n) is 10.6. The summed E-state index contributed by atoms with van der Waals surface area (Å²) in [5.74, 6) is 0.942. The van der Waals surface area contributed by atoms with Gasteiger partial charge in [-0.1, -0.05) is 61.5 Å². The molecule has 1 unspecified atom stereocenters. The molecular weight excluding hydrogens is 610 g/mol. The minimum atomic E-state index is -0.724. The van der Waals surface area contributed by atoms with Crippen molar-refractivity contribution in [2.75, 3.05) is 45.8 Å². The number of nitrogens with zero attached hydrogens (tertiary/aromatic N) is 3. The summed E-state index contributed by atoms with van der Waals surface area (Å²) in [6, 6.07) is 12.9. The fraction of sp³-hybridized carbons (Fsp3) is 0.561. The third-order valence-corrected chi connectivity index (χ3v) is 10.6. The molecule has 0 radical (unpaired) electrons. The summed E-state index contributed by atoms with van der Waals surface area (Å²) in [6.07, 6.45) is 0.687. The van der Waals surface area contributed by atoms with Crippen LogP contribution in [0.5, 0.6) is 17.2 Å². The Kier molecular flexibility index (Phi) is 15.4. The molecule has 0 aromatic heterocycles. The first-order valence-electron chi connectivity index (χ1n) is 18.6. The Morgan fingerprint density at radius 1 is 0.531 bits per heavy atom. The van der Waals surface area contributed by atoms with E-state index in [2.05, 4.69) is 113 Å². The molecule has 0 spiro atoms. The van der Waals surface area contributed by atoms with Gasteiger partial charge in [0.05, 0.1) is 0 Å². The van der Waals surface area contributed by atoms with Gasteiger partial charge in [0.1, 0.15) is 17.2 Å². The molecule has 0 heterocycles. The first-order chi connectivity index (χ1) is 23.5. The largest absolute Gasteiger partial charge is 0.507 e. The number of aromatic hydroxyl groups is 3. The highest BCUT2D eigenvalue weighted by Crippen LogP contribution is 2.45. The van der Waals surface area contributed by atoms with E-state index in [1.807, 2.05) is 6.07 Å². The number of phenolic OH excluding ortho intramolecular Hbond substituents is 3. The Balaban J connectivity index is 2.53. The molecule has 8 nitrogen and oxygen atoms in total. The Morgan fingerprint density at radius 2 is 0.857 bits per heavy atom. The predicted octanol–water partition coefficient (Wildman–Crippen LogP) is 6.81. The molecule has 49 heavy (non-hydrogen) atoms. The van der Waals surface area contributed by atoms with Gasteiger partial charge in [-0.3, -0.25) is 14.7 Å². The summed E-state index contributed by atoms with van der Waals surface area (Å²) < 4.78 is 0. The van der Waals surface area contributed by atoms with Gasteiger partial charge in [-0.2, -0.15) is 0 Å². The molecule has 0 aliphatic carbocycles. The standard InChI is InChI=1S/C41H65N5O3/c1-10-29-18-35(21-32(38(29)47)26-44(12-3)13-4)41(9,36-19-30(24-42)39(48)31(20-36)25-43-11-2)37-22-33(27-45(14-5)15-6)40(49)34(23-37)28-46(16-7)17-8/h18-23,43,47-49H,10-17,24-28,42H2,1-9H3.